The summed E-state index contributed by atoms with van der Waals surface area (Å²) in [5.74, 6) is -0.343. The molecule has 0 saturated heterocycles. The SMILES string of the molecule is O=C1N(CCc2ccccc2)c2ccc(Br)cc2C1(O)C1=Nc2ccccc21. The summed E-state index contributed by atoms with van der Waals surface area (Å²) in [4.78, 5) is 19.6. The van der Waals surface area contributed by atoms with E-state index in [2.05, 4.69) is 20.9 Å². The van der Waals surface area contributed by atoms with Crippen molar-refractivity contribution in [1.82, 2.24) is 0 Å². The van der Waals surface area contributed by atoms with Crippen LogP contribution in [0.5, 0.6) is 0 Å². The molecule has 0 radical (unpaired) electrons. The Bertz CT molecular complexity index is 1130. The topological polar surface area (TPSA) is 52.9 Å². The molecule has 0 bridgehead atoms. The first-order valence-electron chi connectivity index (χ1n) is 9.16. The molecule has 138 valence electrons. The van der Waals surface area contributed by atoms with Crippen LogP contribution in [0.15, 0.2) is 82.3 Å². The maximum absolute atomic E-state index is 13.4. The number of fused-ring (bicyclic) bond motifs is 2. The Balaban J connectivity index is 1.55. The van der Waals surface area contributed by atoms with Gasteiger partial charge in [-0.05, 0) is 36.2 Å². The minimum Gasteiger partial charge on any atom is -0.370 e. The van der Waals surface area contributed by atoms with E-state index in [1.54, 1.807) is 4.90 Å². The third kappa shape index (κ3) is 2.47. The number of para-hydroxylation sites is 1. The van der Waals surface area contributed by atoms with Crippen molar-refractivity contribution in [2.75, 3.05) is 11.4 Å². The zero-order valence-corrected chi connectivity index (χ0v) is 16.6. The van der Waals surface area contributed by atoms with Crippen molar-refractivity contribution in [3.63, 3.8) is 0 Å². The fraction of sp³-hybridized carbons (Fsp3) is 0.130. The van der Waals surface area contributed by atoms with Gasteiger partial charge in [-0.25, -0.2) is 4.99 Å². The number of aliphatic imine (C=N–C) groups is 1. The van der Waals surface area contributed by atoms with Gasteiger partial charge < -0.3 is 10.0 Å². The Hall–Kier alpha value is -2.76. The van der Waals surface area contributed by atoms with Crippen LogP contribution in [0.4, 0.5) is 11.4 Å². The number of nitrogens with zero attached hydrogens (tertiary/aromatic N) is 2. The van der Waals surface area contributed by atoms with Crippen LogP contribution in [0, 0.1) is 0 Å². The highest BCUT2D eigenvalue weighted by Gasteiger charge is 2.55. The first-order chi connectivity index (χ1) is 13.6. The zero-order chi connectivity index (χ0) is 19.3. The van der Waals surface area contributed by atoms with Crippen molar-refractivity contribution in [1.29, 1.82) is 0 Å². The molecule has 3 aromatic rings. The average Bonchev–Trinajstić information content (AvgIpc) is 2.89. The van der Waals surface area contributed by atoms with E-state index in [4.69, 9.17) is 0 Å². The number of aliphatic hydroxyl groups is 1. The first-order valence-corrected chi connectivity index (χ1v) is 9.95. The lowest BCUT2D eigenvalue weighted by molar-refractivity contribution is -0.129. The van der Waals surface area contributed by atoms with E-state index in [1.165, 1.54) is 0 Å². The normalized spacial score (nSPS) is 19.7. The van der Waals surface area contributed by atoms with Gasteiger partial charge in [0.25, 0.3) is 5.91 Å². The standard InChI is InChI=1S/C23H17BrN2O2/c24-16-10-11-20-18(14-16)23(28,21-17-8-4-5-9-19(17)25-21)22(27)26(20)13-12-15-6-2-1-3-7-15/h1-11,14,28H,12-13H2. The maximum atomic E-state index is 13.4. The molecule has 2 aliphatic heterocycles. The number of hydrogen-bond donors (Lipinski definition) is 1. The fourth-order valence-electron chi connectivity index (χ4n) is 3.96. The summed E-state index contributed by atoms with van der Waals surface area (Å²) in [6.07, 6.45) is 0.710. The van der Waals surface area contributed by atoms with Crippen LogP contribution >= 0.6 is 15.9 Å². The summed E-state index contributed by atoms with van der Waals surface area (Å²) in [7, 11) is 0. The van der Waals surface area contributed by atoms with Gasteiger partial charge in [-0.2, -0.15) is 0 Å². The summed E-state index contributed by atoms with van der Waals surface area (Å²) < 4.78 is 0.815. The molecular formula is C23H17BrN2O2. The second kappa shape index (κ2) is 6.40. The minimum atomic E-state index is -1.76. The molecule has 5 heteroatoms. The Morgan fingerprint density at radius 2 is 1.75 bits per heavy atom. The summed E-state index contributed by atoms with van der Waals surface area (Å²) in [5.41, 5.74) is 2.76. The van der Waals surface area contributed by atoms with E-state index < -0.39 is 5.60 Å². The molecule has 1 N–H and O–H groups in total. The van der Waals surface area contributed by atoms with Crippen molar-refractivity contribution >= 4 is 38.9 Å². The van der Waals surface area contributed by atoms with Gasteiger partial charge in [-0.15, -0.1) is 0 Å². The predicted molar refractivity (Wildman–Crippen MR) is 113 cm³/mol. The van der Waals surface area contributed by atoms with Crippen molar-refractivity contribution in [2.45, 2.75) is 12.0 Å². The van der Waals surface area contributed by atoms with Gasteiger partial charge in [0.1, 0.15) is 0 Å². The summed E-state index contributed by atoms with van der Waals surface area (Å²) in [5, 5.41) is 11.6. The maximum Gasteiger partial charge on any atom is 0.270 e. The number of benzene rings is 3. The third-order valence-corrected chi connectivity index (χ3v) is 5.89. The van der Waals surface area contributed by atoms with Gasteiger partial charge in [0.15, 0.2) is 0 Å². The molecule has 0 aromatic heterocycles. The zero-order valence-electron chi connectivity index (χ0n) is 15.0. The molecule has 0 spiro atoms. The highest BCUT2D eigenvalue weighted by molar-refractivity contribution is 9.10. The van der Waals surface area contributed by atoms with E-state index in [0.29, 0.717) is 24.2 Å². The molecule has 1 amide bonds. The highest BCUT2D eigenvalue weighted by Crippen LogP contribution is 2.47. The van der Waals surface area contributed by atoms with Crippen LogP contribution in [-0.2, 0) is 16.8 Å². The molecule has 0 fully saturated rings. The summed E-state index contributed by atoms with van der Waals surface area (Å²) in [6, 6.07) is 23.2. The van der Waals surface area contributed by atoms with Crippen LogP contribution in [0.3, 0.4) is 0 Å². The summed E-state index contributed by atoms with van der Waals surface area (Å²) >= 11 is 3.47. The molecule has 2 heterocycles. The molecule has 1 unspecified atom stereocenters. The van der Waals surface area contributed by atoms with Gasteiger partial charge in [-0.3, -0.25) is 4.79 Å². The van der Waals surface area contributed by atoms with E-state index in [-0.39, 0.29) is 5.91 Å². The lowest BCUT2D eigenvalue weighted by Crippen LogP contribution is -2.48. The van der Waals surface area contributed by atoms with Crippen LogP contribution in [0.25, 0.3) is 0 Å². The van der Waals surface area contributed by atoms with E-state index in [0.717, 1.165) is 27.0 Å². The number of hydrogen-bond acceptors (Lipinski definition) is 3. The second-order valence-electron chi connectivity index (χ2n) is 7.04. The van der Waals surface area contributed by atoms with Crippen molar-refractivity contribution in [2.24, 2.45) is 4.99 Å². The lowest BCUT2D eigenvalue weighted by Gasteiger charge is -2.30. The van der Waals surface area contributed by atoms with Gasteiger partial charge in [0.05, 0.1) is 17.1 Å². The molecule has 1 atom stereocenters. The van der Waals surface area contributed by atoms with Gasteiger partial charge in [0, 0.05) is 22.1 Å². The fourth-order valence-corrected chi connectivity index (χ4v) is 4.33. The number of carbonyl (C=O) groups excluding carboxylic acids is 1. The van der Waals surface area contributed by atoms with Crippen molar-refractivity contribution in [3.8, 4) is 0 Å². The van der Waals surface area contributed by atoms with Crippen LogP contribution in [0.1, 0.15) is 16.7 Å². The van der Waals surface area contributed by atoms with Crippen LogP contribution < -0.4 is 4.90 Å². The summed E-state index contributed by atoms with van der Waals surface area (Å²) in [6.45, 7) is 0.495. The number of rotatable bonds is 4. The smallest absolute Gasteiger partial charge is 0.270 e. The molecule has 5 rings (SSSR count). The van der Waals surface area contributed by atoms with Gasteiger partial charge in [0.2, 0.25) is 5.60 Å². The highest BCUT2D eigenvalue weighted by atomic mass is 79.9. The predicted octanol–water partition coefficient (Wildman–Crippen LogP) is 4.36. The molecule has 4 nitrogen and oxygen atoms in total. The number of anilines is 1. The number of amides is 1. The Morgan fingerprint density at radius 3 is 2.54 bits per heavy atom. The van der Waals surface area contributed by atoms with E-state index in [1.807, 2.05) is 72.8 Å². The van der Waals surface area contributed by atoms with Crippen LogP contribution in [0.2, 0.25) is 0 Å². The second-order valence-corrected chi connectivity index (χ2v) is 7.96. The quantitative estimate of drug-likeness (QED) is 0.665. The minimum absolute atomic E-state index is 0.343. The molecule has 2 aliphatic rings. The largest absolute Gasteiger partial charge is 0.370 e. The molecular weight excluding hydrogens is 416 g/mol. The molecule has 28 heavy (non-hydrogen) atoms. The number of carbonyl (C=O) groups is 1. The van der Waals surface area contributed by atoms with E-state index >= 15 is 0 Å². The Morgan fingerprint density at radius 1 is 1.00 bits per heavy atom. The average molecular weight is 433 g/mol. The third-order valence-electron chi connectivity index (χ3n) is 5.39. The molecule has 0 aliphatic carbocycles. The first kappa shape index (κ1) is 17.3. The molecule has 0 saturated carbocycles. The Kier molecular flexibility index (Phi) is 3.96. The van der Waals surface area contributed by atoms with E-state index in [9.17, 15) is 9.90 Å². The van der Waals surface area contributed by atoms with Crippen LogP contribution in [-0.4, -0.2) is 23.3 Å². The number of halogens is 1. The van der Waals surface area contributed by atoms with Crippen molar-refractivity contribution in [3.05, 3.63) is 94.0 Å². The molecule has 3 aromatic carbocycles. The van der Waals surface area contributed by atoms with Gasteiger partial charge >= 0.3 is 0 Å². The van der Waals surface area contributed by atoms with Crippen molar-refractivity contribution < 1.29 is 9.90 Å². The Labute approximate surface area is 171 Å². The monoisotopic (exact) mass is 432 g/mol. The van der Waals surface area contributed by atoms with Gasteiger partial charge in [-0.1, -0.05) is 64.5 Å². The lowest BCUT2D eigenvalue weighted by atomic mass is 9.82.